The standard InChI is InChI=1S/C21H25FN2O.ClH/c22-19-7-5-16(6-8-19)13-23-11-9-17(10-12-23)14-24-15-18-3-1-2-4-20(18)21(24)25;/h1-8,17,21,25H,9-15H2;1H. The molecule has 3 nitrogen and oxygen atoms in total. The van der Waals surface area contributed by atoms with E-state index in [-0.39, 0.29) is 18.2 Å². The Labute approximate surface area is 160 Å². The fourth-order valence-electron chi connectivity index (χ4n) is 4.10. The summed E-state index contributed by atoms with van der Waals surface area (Å²) in [6.07, 6.45) is 1.86. The van der Waals surface area contributed by atoms with Crippen LogP contribution in [0.4, 0.5) is 4.39 Å². The molecule has 0 saturated carbocycles. The van der Waals surface area contributed by atoms with Gasteiger partial charge in [-0.2, -0.15) is 0 Å². The number of aliphatic hydroxyl groups is 1. The molecule has 0 aromatic heterocycles. The summed E-state index contributed by atoms with van der Waals surface area (Å²) < 4.78 is 13.0. The van der Waals surface area contributed by atoms with Gasteiger partial charge in [-0.1, -0.05) is 36.4 Å². The molecule has 2 aliphatic rings. The lowest BCUT2D eigenvalue weighted by molar-refractivity contribution is -0.00407. The van der Waals surface area contributed by atoms with Gasteiger partial charge in [0.1, 0.15) is 12.0 Å². The molecular weight excluding hydrogens is 351 g/mol. The Hall–Kier alpha value is -1.46. The van der Waals surface area contributed by atoms with Gasteiger partial charge in [-0.15, -0.1) is 12.4 Å². The Morgan fingerprint density at radius 1 is 1.00 bits per heavy atom. The normalized spacial score (nSPS) is 21.4. The molecule has 140 valence electrons. The predicted molar refractivity (Wildman–Crippen MR) is 103 cm³/mol. The van der Waals surface area contributed by atoms with Gasteiger partial charge in [0.25, 0.3) is 0 Å². The van der Waals surface area contributed by atoms with Crippen LogP contribution in [0.25, 0.3) is 0 Å². The number of rotatable bonds is 4. The third kappa shape index (κ3) is 4.26. The van der Waals surface area contributed by atoms with Crippen LogP contribution in [0, 0.1) is 11.7 Å². The molecule has 1 N–H and O–H groups in total. The number of piperidine rings is 1. The Morgan fingerprint density at radius 3 is 2.38 bits per heavy atom. The second-order valence-electron chi connectivity index (χ2n) is 7.35. The molecule has 2 heterocycles. The average molecular weight is 377 g/mol. The fraction of sp³-hybridized carbons (Fsp3) is 0.429. The van der Waals surface area contributed by atoms with E-state index < -0.39 is 6.23 Å². The van der Waals surface area contributed by atoms with Crippen LogP contribution in [-0.2, 0) is 13.1 Å². The van der Waals surface area contributed by atoms with E-state index in [9.17, 15) is 9.50 Å². The van der Waals surface area contributed by atoms with Crippen LogP contribution >= 0.6 is 12.4 Å². The van der Waals surface area contributed by atoms with E-state index in [0.717, 1.165) is 51.1 Å². The zero-order chi connectivity index (χ0) is 17.2. The maximum Gasteiger partial charge on any atom is 0.134 e. The second kappa shape index (κ2) is 8.49. The van der Waals surface area contributed by atoms with Crippen molar-refractivity contribution in [2.24, 2.45) is 5.92 Å². The Morgan fingerprint density at radius 2 is 1.69 bits per heavy atom. The Kier molecular flexibility index (Phi) is 6.30. The van der Waals surface area contributed by atoms with Gasteiger partial charge in [-0.05, 0) is 60.7 Å². The third-order valence-corrected chi connectivity index (χ3v) is 5.57. The van der Waals surface area contributed by atoms with Gasteiger partial charge >= 0.3 is 0 Å². The van der Waals surface area contributed by atoms with Gasteiger partial charge in [-0.3, -0.25) is 9.80 Å². The molecule has 2 aliphatic heterocycles. The van der Waals surface area contributed by atoms with Crippen molar-refractivity contribution in [2.75, 3.05) is 19.6 Å². The summed E-state index contributed by atoms with van der Waals surface area (Å²) in [5.41, 5.74) is 3.49. The molecule has 0 radical (unpaired) electrons. The summed E-state index contributed by atoms with van der Waals surface area (Å²) in [6.45, 7) is 4.84. The number of benzene rings is 2. The van der Waals surface area contributed by atoms with Crippen molar-refractivity contribution in [3.63, 3.8) is 0 Å². The van der Waals surface area contributed by atoms with Crippen molar-refractivity contribution >= 4 is 12.4 Å². The topological polar surface area (TPSA) is 26.7 Å². The van der Waals surface area contributed by atoms with Crippen molar-refractivity contribution in [1.82, 2.24) is 9.80 Å². The summed E-state index contributed by atoms with van der Waals surface area (Å²) >= 11 is 0. The molecule has 0 aliphatic carbocycles. The number of aliphatic hydroxyl groups excluding tert-OH is 1. The van der Waals surface area contributed by atoms with E-state index >= 15 is 0 Å². The third-order valence-electron chi connectivity index (χ3n) is 5.57. The molecule has 0 bridgehead atoms. The molecule has 5 heteroatoms. The van der Waals surface area contributed by atoms with Crippen molar-refractivity contribution in [3.8, 4) is 0 Å². The average Bonchev–Trinajstić information content (AvgIpc) is 2.95. The number of hydrogen-bond acceptors (Lipinski definition) is 3. The van der Waals surface area contributed by atoms with Crippen molar-refractivity contribution < 1.29 is 9.50 Å². The van der Waals surface area contributed by atoms with Crippen LogP contribution in [0.2, 0.25) is 0 Å². The molecule has 1 saturated heterocycles. The summed E-state index contributed by atoms with van der Waals surface area (Å²) in [5.74, 6) is 0.459. The first-order valence-corrected chi connectivity index (χ1v) is 9.16. The van der Waals surface area contributed by atoms with Gasteiger partial charge < -0.3 is 5.11 Å². The first-order valence-electron chi connectivity index (χ1n) is 9.16. The minimum absolute atomic E-state index is 0. The van der Waals surface area contributed by atoms with E-state index in [1.807, 2.05) is 30.3 Å². The molecule has 0 spiro atoms. The molecule has 2 aromatic carbocycles. The highest BCUT2D eigenvalue weighted by atomic mass is 35.5. The fourth-order valence-corrected chi connectivity index (χ4v) is 4.10. The van der Waals surface area contributed by atoms with E-state index in [1.54, 1.807) is 0 Å². The van der Waals surface area contributed by atoms with E-state index in [2.05, 4.69) is 15.9 Å². The van der Waals surface area contributed by atoms with Crippen LogP contribution in [0.5, 0.6) is 0 Å². The quantitative estimate of drug-likeness (QED) is 0.874. The molecular formula is C21H26ClFN2O. The van der Waals surface area contributed by atoms with Crippen molar-refractivity contribution in [1.29, 1.82) is 0 Å². The molecule has 1 unspecified atom stereocenters. The van der Waals surface area contributed by atoms with Crippen LogP contribution in [-0.4, -0.2) is 34.5 Å². The van der Waals surface area contributed by atoms with Crippen molar-refractivity contribution in [3.05, 3.63) is 71.0 Å². The monoisotopic (exact) mass is 376 g/mol. The lowest BCUT2D eigenvalue weighted by Gasteiger charge is -2.34. The van der Waals surface area contributed by atoms with E-state index in [0.29, 0.717) is 5.92 Å². The van der Waals surface area contributed by atoms with E-state index in [1.165, 1.54) is 23.3 Å². The molecule has 1 atom stereocenters. The molecule has 4 rings (SSSR count). The van der Waals surface area contributed by atoms with Gasteiger partial charge in [0.2, 0.25) is 0 Å². The largest absolute Gasteiger partial charge is 0.374 e. The highest BCUT2D eigenvalue weighted by Crippen LogP contribution is 2.33. The smallest absolute Gasteiger partial charge is 0.134 e. The number of hydrogen-bond donors (Lipinski definition) is 1. The van der Waals surface area contributed by atoms with Gasteiger partial charge in [0, 0.05) is 19.6 Å². The summed E-state index contributed by atoms with van der Waals surface area (Å²) in [5, 5.41) is 10.5. The maximum absolute atomic E-state index is 13.0. The summed E-state index contributed by atoms with van der Waals surface area (Å²) in [4.78, 5) is 4.64. The maximum atomic E-state index is 13.0. The first kappa shape index (κ1) is 19.3. The minimum Gasteiger partial charge on any atom is -0.374 e. The van der Waals surface area contributed by atoms with Gasteiger partial charge in [0.05, 0.1) is 0 Å². The van der Waals surface area contributed by atoms with Crippen LogP contribution < -0.4 is 0 Å². The minimum atomic E-state index is -0.451. The van der Waals surface area contributed by atoms with Gasteiger partial charge in [0.15, 0.2) is 0 Å². The number of likely N-dealkylation sites (tertiary alicyclic amines) is 1. The number of nitrogens with zero attached hydrogens (tertiary/aromatic N) is 2. The summed E-state index contributed by atoms with van der Waals surface area (Å²) in [7, 11) is 0. The van der Waals surface area contributed by atoms with Crippen LogP contribution in [0.1, 0.15) is 35.8 Å². The second-order valence-corrected chi connectivity index (χ2v) is 7.35. The van der Waals surface area contributed by atoms with Crippen LogP contribution in [0.15, 0.2) is 48.5 Å². The number of halogens is 2. The van der Waals surface area contributed by atoms with Crippen molar-refractivity contribution in [2.45, 2.75) is 32.2 Å². The molecule has 0 amide bonds. The first-order chi connectivity index (χ1) is 12.2. The Bertz CT molecular complexity index is 716. The molecule has 2 aromatic rings. The van der Waals surface area contributed by atoms with E-state index in [4.69, 9.17) is 0 Å². The highest BCUT2D eigenvalue weighted by Gasteiger charge is 2.30. The molecule has 1 fully saturated rings. The highest BCUT2D eigenvalue weighted by molar-refractivity contribution is 5.85. The summed E-state index contributed by atoms with van der Waals surface area (Å²) in [6, 6.07) is 15.0. The zero-order valence-corrected chi connectivity index (χ0v) is 15.7. The predicted octanol–water partition coefficient (Wildman–Crippen LogP) is 3.97. The lowest BCUT2D eigenvalue weighted by atomic mass is 9.96. The zero-order valence-electron chi connectivity index (χ0n) is 14.9. The van der Waals surface area contributed by atoms with Crippen LogP contribution in [0.3, 0.4) is 0 Å². The van der Waals surface area contributed by atoms with Gasteiger partial charge in [-0.25, -0.2) is 4.39 Å². The SMILES string of the molecule is Cl.OC1c2ccccc2CN1CC1CCN(Cc2ccc(F)cc2)CC1. The lowest BCUT2D eigenvalue weighted by Crippen LogP contribution is -2.38. The number of fused-ring (bicyclic) bond motifs is 1. The Balaban J connectivity index is 0.00000196. The molecule has 26 heavy (non-hydrogen) atoms.